The highest BCUT2D eigenvalue weighted by atomic mass is 32.2. The quantitative estimate of drug-likeness (QED) is 0.832. The third-order valence-corrected chi connectivity index (χ3v) is 5.12. The van der Waals surface area contributed by atoms with E-state index < -0.39 is 10.0 Å². The standard InChI is InChI=1S/C11H20N4O2S/c1-4-10-13-6-11(14-10)18(16,17)15-7-8(2)12-5-9(15)3/h6,8-9,12H,4-5,7H2,1-3H3,(H,13,14). The molecule has 102 valence electrons. The third kappa shape index (κ3) is 2.43. The van der Waals surface area contributed by atoms with Gasteiger partial charge in [-0.15, -0.1) is 0 Å². The molecule has 0 bridgehead atoms. The van der Waals surface area contributed by atoms with Gasteiger partial charge in [-0.3, -0.25) is 0 Å². The van der Waals surface area contributed by atoms with Crippen molar-refractivity contribution >= 4 is 10.0 Å². The molecule has 6 nitrogen and oxygen atoms in total. The second kappa shape index (κ2) is 4.99. The lowest BCUT2D eigenvalue weighted by Crippen LogP contribution is -2.56. The summed E-state index contributed by atoms with van der Waals surface area (Å²) in [6, 6.07) is 0.129. The van der Waals surface area contributed by atoms with Crippen molar-refractivity contribution in [2.45, 2.75) is 44.3 Å². The van der Waals surface area contributed by atoms with Crippen molar-refractivity contribution in [3.05, 3.63) is 12.0 Å². The summed E-state index contributed by atoms with van der Waals surface area (Å²) in [5, 5.41) is 3.46. The largest absolute Gasteiger partial charge is 0.332 e. The van der Waals surface area contributed by atoms with Gasteiger partial charge in [0.15, 0.2) is 5.03 Å². The van der Waals surface area contributed by atoms with Crippen molar-refractivity contribution in [2.24, 2.45) is 0 Å². The van der Waals surface area contributed by atoms with Gasteiger partial charge in [0.1, 0.15) is 5.82 Å². The third-order valence-electron chi connectivity index (χ3n) is 3.23. The topological polar surface area (TPSA) is 78.1 Å². The molecule has 2 heterocycles. The number of aromatic amines is 1. The molecule has 0 spiro atoms. The zero-order valence-corrected chi connectivity index (χ0v) is 11.8. The normalized spacial score (nSPS) is 26.4. The Labute approximate surface area is 108 Å². The molecule has 7 heteroatoms. The maximum atomic E-state index is 12.5. The van der Waals surface area contributed by atoms with Crippen molar-refractivity contribution in [3.63, 3.8) is 0 Å². The number of nitrogens with zero attached hydrogens (tertiary/aromatic N) is 2. The van der Waals surface area contributed by atoms with E-state index in [0.29, 0.717) is 25.3 Å². The first-order chi connectivity index (χ1) is 8.45. The number of aromatic nitrogens is 2. The molecule has 1 aliphatic heterocycles. The molecule has 2 rings (SSSR count). The predicted octanol–water partition coefficient (Wildman–Crippen LogP) is 0.343. The van der Waals surface area contributed by atoms with Crippen LogP contribution in [0.4, 0.5) is 0 Å². The van der Waals surface area contributed by atoms with Gasteiger partial charge in [-0.05, 0) is 13.8 Å². The SMILES string of the molecule is CCc1ncc(S(=O)(=O)N2CC(C)NCC2C)[nH]1. The van der Waals surface area contributed by atoms with Crippen molar-refractivity contribution in [3.8, 4) is 0 Å². The number of imidazole rings is 1. The van der Waals surface area contributed by atoms with Crippen LogP contribution in [0, 0.1) is 0 Å². The maximum Gasteiger partial charge on any atom is 0.260 e. The maximum absolute atomic E-state index is 12.5. The summed E-state index contributed by atoms with van der Waals surface area (Å²) in [4.78, 5) is 6.94. The molecule has 0 saturated carbocycles. The zero-order valence-electron chi connectivity index (χ0n) is 11.0. The number of rotatable bonds is 3. The molecule has 1 saturated heterocycles. The van der Waals surface area contributed by atoms with E-state index in [2.05, 4.69) is 15.3 Å². The smallest absolute Gasteiger partial charge is 0.260 e. The zero-order chi connectivity index (χ0) is 13.3. The fourth-order valence-electron chi connectivity index (χ4n) is 2.10. The Bertz CT molecular complexity index is 511. The lowest BCUT2D eigenvalue weighted by Gasteiger charge is -2.35. The average Bonchev–Trinajstić information content (AvgIpc) is 2.81. The van der Waals surface area contributed by atoms with Crippen molar-refractivity contribution in [2.75, 3.05) is 13.1 Å². The molecule has 0 aromatic carbocycles. The van der Waals surface area contributed by atoms with E-state index in [9.17, 15) is 8.42 Å². The van der Waals surface area contributed by atoms with Crippen LogP contribution in [0.3, 0.4) is 0 Å². The van der Waals surface area contributed by atoms with Crippen LogP contribution in [0.5, 0.6) is 0 Å². The van der Waals surface area contributed by atoms with Crippen molar-refractivity contribution in [1.82, 2.24) is 19.6 Å². The summed E-state index contributed by atoms with van der Waals surface area (Å²) in [7, 11) is -3.46. The summed E-state index contributed by atoms with van der Waals surface area (Å²) >= 11 is 0. The predicted molar refractivity (Wildman–Crippen MR) is 68.8 cm³/mol. The Hall–Kier alpha value is -0.920. The summed E-state index contributed by atoms with van der Waals surface area (Å²) in [6.07, 6.45) is 2.11. The van der Waals surface area contributed by atoms with Gasteiger partial charge in [0.05, 0.1) is 6.20 Å². The van der Waals surface area contributed by atoms with Crippen molar-refractivity contribution < 1.29 is 8.42 Å². The van der Waals surface area contributed by atoms with Gasteiger partial charge < -0.3 is 10.3 Å². The molecular formula is C11H20N4O2S. The number of hydrogen-bond acceptors (Lipinski definition) is 4. The van der Waals surface area contributed by atoms with Gasteiger partial charge in [0, 0.05) is 31.6 Å². The van der Waals surface area contributed by atoms with E-state index in [1.807, 2.05) is 20.8 Å². The van der Waals surface area contributed by atoms with Gasteiger partial charge in [-0.25, -0.2) is 13.4 Å². The Morgan fingerprint density at radius 3 is 2.83 bits per heavy atom. The molecule has 1 aliphatic rings. The molecule has 1 aromatic rings. The minimum Gasteiger partial charge on any atom is -0.332 e. The highest BCUT2D eigenvalue weighted by Crippen LogP contribution is 2.19. The van der Waals surface area contributed by atoms with Crippen LogP contribution >= 0.6 is 0 Å². The number of hydrogen-bond donors (Lipinski definition) is 2. The summed E-state index contributed by atoms with van der Waals surface area (Å²) in [5.74, 6) is 0.699. The van der Waals surface area contributed by atoms with Crippen molar-refractivity contribution in [1.29, 1.82) is 0 Å². The molecule has 1 aromatic heterocycles. The first-order valence-electron chi connectivity index (χ1n) is 6.24. The molecule has 1 fully saturated rings. The summed E-state index contributed by atoms with van der Waals surface area (Å²) in [5.41, 5.74) is 0. The average molecular weight is 272 g/mol. The number of nitrogens with one attached hydrogen (secondary N) is 2. The van der Waals surface area contributed by atoms with E-state index in [1.54, 1.807) is 4.31 Å². The van der Waals surface area contributed by atoms with E-state index in [-0.39, 0.29) is 17.1 Å². The van der Waals surface area contributed by atoms with Gasteiger partial charge in [-0.2, -0.15) is 4.31 Å². The Balaban J connectivity index is 2.29. The van der Waals surface area contributed by atoms with E-state index in [1.165, 1.54) is 6.20 Å². The Morgan fingerprint density at radius 2 is 2.22 bits per heavy atom. The molecule has 18 heavy (non-hydrogen) atoms. The van der Waals surface area contributed by atoms with Gasteiger partial charge >= 0.3 is 0 Å². The first-order valence-corrected chi connectivity index (χ1v) is 7.68. The molecule has 0 radical (unpaired) electrons. The van der Waals surface area contributed by atoms with Crippen LogP contribution in [0.2, 0.25) is 0 Å². The molecule has 2 unspecified atom stereocenters. The van der Waals surface area contributed by atoms with Gasteiger partial charge in [0.2, 0.25) is 0 Å². The van der Waals surface area contributed by atoms with Crippen LogP contribution in [0.25, 0.3) is 0 Å². The highest BCUT2D eigenvalue weighted by Gasteiger charge is 2.34. The molecule has 0 amide bonds. The Kier molecular flexibility index (Phi) is 3.74. The number of aryl methyl sites for hydroxylation is 1. The fourth-order valence-corrected chi connectivity index (χ4v) is 3.76. The molecule has 0 aliphatic carbocycles. The lowest BCUT2D eigenvalue weighted by molar-refractivity contribution is 0.244. The minimum absolute atomic E-state index is 0.0421. The summed E-state index contributed by atoms with van der Waals surface area (Å²) in [6.45, 7) is 7.00. The second-order valence-corrected chi connectivity index (χ2v) is 6.64. The summed E-state index contributed by atoms with van der Waals surface area (Å²) < 4.78 is 26.5. The number of sulfonamides is 1. The monoisotopic (exact) mass is 272 g/mol. The van der Waals surface area contributed by atoms with E-state index >= 15 is 0 Å². The molecular weight excluding hydrogens is 252 g/mol. The molecule has 2 N–H and O–H groups in total. The van der Waals surface area contributed by atoms with Crippen LogP contribution < -0.4 is 5.32 Å². The van der Waals surface area contributed by atoms with Gasteiger partial charge in [0.25, 0.3) is 10.0 Å². The van der Waals surface area contributed by atoms with Crippen LogP contribution in [-0.4, -0.2) is 47.9 Å². The highest BCUT2D eigenvalue weighted by molar-refractivity contribution is 7.89. The Morgan fingerprint density at radius 1 is 1.50 bits per heavy atom. The van der Waals surface area contributed by atoms with Crippen LogP contribution in [0.15, 0.2) is 11.2 Å². The number of piperazine rings is 1. The van der Waals surface area contributed by atoms with Gasteiger partial charge in [-0.1, -0.05) is 6.92 Å². The van der Waals surface area contributed by atoms with E-state index in [4.69, 9.17) is 0 Å². The first kappa shape index (κ1) is 13.5. The minimum atomic E-state index is -3.46. The lowest BCUT2D eigenvalue weighted by atomic mass is 10.2. The molecule has 2 atom stereocenters. The fraction of sp³-hybridized carbons (Fsp3) is 0.727. The van der Waals surface area contributed by atoms with Crippen LogP contribution in [0.1, 0.15) is 26.6 Å². The number of H-pyrrole nitrogens is 1. The second-order valence-electron chi connectivity index (χ2n) is 4.78. The van der Waals surface area contributed by atoms with Crippen LogP contribution in [-0.2, 0) is 16.4 Å². The van der Waals surface area contributed by atoms with E-state index in [0.717, 1.165) is 0 Å².